The summed E-state index contributed by atoms with van der Waals surface area (Å²) < 4.78 is 9.46. The Bertz CT molecular complexity index is 3350. The minimum atomic E-state index is -0.326. The van der Waals surface area contributed by atoms with E-state index < -0.39 is 0 Å². The average Bonchev–Trinajstić information content (AvgIpc) is 3.94. The molecule has 0 fully saturated rings. The zero-order chi connectivity index (χ0) is 48.3. The summed E-state index contributed by atoms with van der Waals surface area (Å²) in [4.78, 5) is 9.88. The highest BCUT2D eigenvalue weighted by Gasteiger charge is 2.30. The van der Waals surface area contributed by atoms with Crippen LogP contribution < -0.4 is 14.5 Å². The van der Waals surface area contributed by atoms with E-state index in [4.69, 9.17) is 9.72 Å². The van der Waals surface area contributed by atoms with Crippen molar-refractivity contribution in [2.24, 2.45) is 0 Å². The predicted octanol–water partition coefficient (Wildman–Crippen LogP) is 16.5. The van der Waals surface area contributed by atoms with Gasteiger partial charge in [0.2, 0.25) is 0 Å². The van der Waals surface area contributed by atoms with Gasteiger partial charge in [0.25, 0.3) is 0 Å². The second-order valence-corrected chi connectivity index (χ2v) is 21.9. The number of fused-ring (bicyclic) bond motifs is 3. The van der Waals surface area contributed by atoms with Crippen LogP contribution in [0.25, 0.3) is 33.3 Å². The van der Waals surface area contributed by atoms with Crippen LogP contribution in [0.3, 0.4) is 0 Å². The summed E-state index contributed by atoms with van der Waals surface area (Å²) in [6.45, 7) is 23.5. The van der Waals surface area contributed by atoms with Gasteiger partial charge in [-0.1, -0.05) is 178 Å². The maximum atomic E-state index is 7.14. The van der Waals surface area contributed by atoms with E-state index in [1.165, 1.54) is 44.5 Å². The Morgan fingerprint density at radius 3 is 1.71 bits per heavy atom. The Balaban J connectivity index is 1.11. The Morgan fingerprint density at radius 1 is 0.435 bits per heavy atom. The van der Waals surface area contributed by atoms with Crippen molar-refractivity contribution < 1.29 is 4.74 Å². The van der Waals surface area contributed by atoms with Crippen molar-refractivity contribution in [3.05, 3.63) is 233 Å². The van der Waals surface area contributed by atoms with Crippen molar-refractivity contribution in [2.75, 3.05) is 16.5 Å². The van der Waals surface area contributed by atoms with Crippen molar-refractivity contribution in [3.63, 3.8) is 0 Å². The molecule has 7 aromatic carbocycles. The highest BCUT2D eigenvalue weighted by atomic mass is 16.5. The first-order valence-electron chi connectivity index (χ1n) is 24.4. The molecular weight excluding hydrogens is 841 g/mol. The first-order valence-corrected chi connectivity index (χ1v) is 24.4. The van der Waals surface area contributed by atoms with Crippen LogP contribution >= 0.6 is 0 Å². The molecule has 0 amide bonds. The third kappa shape index (κ3) is 8.72. The Hall–Kier alpha value is -7.37. The molecular formula is C64H64N4O. The molecule has 1 aliphatic rings. The molecule has 0 atom stereocenters. The SMILES string of the molecule is CC(C)(C)c1cccc(N2CN(c3cc(Oc4ccc5c6cc(C(C)(C)C)ccc6n(-c6cc(C(C)(C)c7ccccc7)ccn6)c5c4)cc(C(C)(C)c4ccccc4)c3)C=C2c2ccccc2)c1. The normalized spacial score (nSPS) is 13.6. The number of nitrogens with zero attached hydrogens (tertiary/aromatic N) is 4. The standard InChI is InChI=1S/C64H64N4O/c1-61(2,3)47-27-20-28-51(35-47)67-43-66(42-59(67)44-21-14-11-15-22-44)52-36-50(64(9,10)46-25-18-13-19-26-46)37-54(40-52)69-53-30-31-55-56-38-48(62(4,5)6)29-32-57(56)68(58(55)41-53)60-39-49(33-34-65-60)63(7,8)45-23-16-12-17-24-45/h11-42H,43H2,1-10H3. The molecule has 346 valence electrons. The number of hydrogen-bond donors (Lipinski definition) is 0. The molecule has 1 aliphatic heterocycles. The molecule has 5 heteroatoms. The molecule has 0 spiro atoms. The minimum Gasteiger partial charge on any atom is -0.457 e. The highest BCUT2D eigenvalue weighted by molar-refractivity contribution is 6.10. The van der Waals surface area contributed by atoms with Gasteiger partial charge in [0.15, 0.2) is 0 Å². The van der Waals surface area contributed by atoms with Crippen molar-refractivity contribution in [3.8, 4) is 17.3 Å². The third-order valence-electron chi connectivity index (χ3n) is 14.4. The second-order valence-electron chi connectivity index (χ2n) is 21.9. The first kappa shape index (κ1) is 45.4. The van der Waals surface area contributed by atoms with Gasteiger partial charge in [-0.05, 0) is 110 Å². The van der Waals surface area contributed by atoms with Gasteiger partial charge in [0.1, 0.15) is 17.3 Å². The molecule has 0 saturated carbocycles. The zero-order valence-corrected chi connectivity index (χ0v) is 41.9. The number of ether oxygens (including phenoxy) is 1. The number of benzene rings is 7. The Labute approximate surface area is 409 Å². The minimum absolute atomic E-state index is 0.0142. The smallest absolute Gasteiger partial charge is 0.137 e. The summed E-state index contributed by atoms with van der Waals surface area (Å²) in [5.41, 5.74) is 13.6. The number of aromatic nitrogens is 2. The van der Waals surface area contributed by atoms with Crippen molar-refractivity contribution in [2.45, 2.75) is 90.9 Å². The molecule has 10 rings (SSSR count). The van der Waals surface area contributed by atoms with E-state index in [0.29, 0.717) is 6.67 Å². The summed E-state index contributed by atoms with van der Waals surface area (Å²) in [7, 11) is 0. The molecule has 0 N–H and O–H groups in total. The van der Waals surface area contributed by atoms with Crippen molar-refractivity contribution in [1.29, 1.82) is 0 Å². The van der Waals surface area contributed by atoms with E-state index in [1.807, 2.05) is 6.20 Å². The van der Waals surface area contributed by atoms with Crippen LogP contribution in [0.4, 0.5) is 11.4 Å². The molecule has 5 nitrogen and oxygen atoms in total. The summed E-state index contributed by atoms with van der Waals surface area (Å²) in [6.07, 6.45) is 4.25. The molecule has 3 heterocycles. The molecule has 0 saturated heterocycles. The largest absolute Gasteiger partial charge is 0.457 e. The van der Waals surface area contributed by atoms with Crippen LogP contribution in [0.15, 0.2) is 194 Å². The highest BCUT2D eigenvalue weighted by Crippen LogP contribution is 2.43. The van der Waals surface area contributed by atoms with E-state index in [1.54, 1.807) is 0 Å². The monoisotopic (exact) mass is 905 g/mol. The summed E-state index contributed by atoms with van der Waals surface area (Å²) >= 11 is 0. The van der Waals surface area contributed by atoms with Crippen LogP contribution in [0.2, 0.25) is 0 Å². The lowest BCUT2D eigenvalue weighted by Gasteiger charge is -2.29. The van der Waals surface area contributed by atoms with Gasteiger partial charge >= 0.3 is 0 Å². The maximum Gasteiger partial charge on any atom is 0.137 e. The lowest BCUT2D eigenvalue weighted by atomic mass is 9.78. The predicted molar refractivity (Wildman–Crippen MR) is 290 cm³/mol. The van der Waals surface area contributed by atoms with Gasteiger partial charge in [-0.25, -0.2) is 4.98 Å². The lowest BCUT2D eigenvalue weighted by molar-refractivity contribution is 0.480. The first-order chi connectivity index (χ1) is 32.9. The van der Waals surface area contributed by atoms with E-state index >= 15 is 0 Å². The fourth-order valence-electron chi connectivity index (χ4n) is 9.90. The summed E-state index contributed by atoms with van der Waals surface area (Å²) in [6, 6.07) is 65.9. The number of hydrogen-bond acceptors (Lipinski definition) is 4. The second kappa shape index (κ2) is 17.3. The number of rotatable bonds is 10. The van der Waals surface area contributed by atoms with Crippen LogP contribution in [0.5, 0.6) is 11.5 Å². The van der Waals surface area contributed by atoms with Crippen LogP contribution in [-0.2, 0) is 21.7 Å². The third-order valence-corrected chi connectivity index (χ3v) is 14.4. The van der Waals surface area contributed by atoms with Crippen molar-refractivity contribution >= 4 is 38.9 Å². The molecule has 0 unspecified atom stereocenters. The lowest BCUT2D eigenvalue weighted by Crippen LogP contribution is -2.27. The van der Waals surface area contributed by atoms with Crippen LogP contribution in [0.1, 0.15) is 108 Å². The van der Waals surface area contributed by atoms with E-state index in [0.717, 1.165) is 50.7 Å². The van der Waals surface area contributed by atoms with Gasteiger partial charge in [0.05, 0.1) is 23.4 Å². The molecule has 69 heavy (non-hydrogen) atoms. The number of pyridine rings is 1. The van der Waals surface area contributed by atoms with Gasteiger partial charge < -0.3 is 14.5 Å². The van der Waals surface area contributed by atoms with Crippen molar-refractivity contribution in [1.82, 2.24) is 9.55 Å². The van der Waals surface area contributed by atoms with Gasteiger partial charge in [0, 0.05) is 57.5 Å². The van der Waals surface area contributed by atoms with Gasteiger partial charge in [-0.2, -0.15) is 0 Å². The molecule has 0 aliphatic carbocycles. The molecule has 0 bridgehead atoms. The molecule has 2 aromatic heterocycles. The summed E-state index contributed by atoms with van der Waals surface area (Å²) in [5, 5.41) is 2.35. The van der Waals surface area contributed by atoms with E-state index in [9.17, 15) is 0 Å². The summed E-state index contributed by atoms with van der Waals surface area (Å²) in [5.74, 6) is 2.40. The molecule has 0 radical (unpaired) electrons. The fraction of sp³-hybridized carbons (Fsp3) is 0.234. The number of anilines is 2. The van der Waals surface area contributed by atoms with Crippen LogP contribution in [0, 0.1) is 0 Å². The fourth-order valence-corrected chi connectivity index (χ4v) is 9.90. The Morgan fingerprint density at radius 2 is 1.04 bits per heavy atom. The van der Waals surface area contributed by atoms with E-state index in [2.05, 4.69) is 272 Å². The Kier molecular flexibility index (Phi) is 11.4. The quantitative estimate of drug-likeness (QED) is 0.137. The zero-order valence-electron chi connectivity index (χ0n) is 41.9. The van der Waals surface area contributed by atoms with Gasteiger partial charge in [-0.3, -0.25) is 4.57 Å². The van der Waals surface area contributed by atoms with Gasteiger partial charge in [-0.15, -0.1) is 0 Å². The topological polar surface area (TPSA) is 33.5 Å². The van der Waals surface area contributed by atoms with Crippen LogP contribution in [-0.4, -0.2) is 16.2 Å². The molecule has 9 aromatic rings. The van der Waals surface area contributed by atoms with E-state index in [-0.39, 0.29) is 21.7 Å². The maximum absolute atomic E-state index is 7.14. The average molecular weight is 905 g/mol.